The second kappa shape index (κ2) is 5.64. The van der Waals surface area contributed by atoms with Gasteiger partial charge in [-0.25, -0.2) is 4.98 Å². The predicted octanol–water partition coefficient (Wildman–Crippen LogP) is 1.78. The number of hydrogen-bond donors (Lipinski definition) is 1. The van der Waals surface area contributed by atoms with E-state index in [-0.39, 0.29) is 11.3 Å². The molecule has 2 aromatic rings. The smallest absolute Gasteiger partial charge is 0.270 e. The lowest BCUT2D eigenvalue weighted by Crippen LogP contribution is -2.10. The van der Waals surface area contributed by atoms with Crippen LogP contribution in [0.5, 0.6) is 0 Å². The third-order valence-electron chi connectivity index (χ3n) is 2.58. The molecule has 0 saturated carbocycles. The number of hydrogen-bond acceptors (Lipinski definition) is 5. The van der Waals surface area contributed by atoms with E-state index < -0.39 is 4.92 Å². The average Bonchev–Trinajstić information content (AvgIpc) is 2.92. The summed E-state index contributed by atoms with van der Waals surface area (Å²) in [5.74, 6) is 0. The average molecular weight is 257 g/mol. The van der Waals surface area contributed by atoms with Gasteiger partial charge >= 0.3 is 0 Å². The highest BCUT2D eigenvalue weighted by atomic mass is 16.6. The molecule has 7 nitrogen and oxygen atoms in total. The van der Waals surface area contributed by atoms with E-state index in [1.807, 2.05) is 16.8 Å². The summed E-state index contributed by atoms with van der Waals surface area (Å²) in [4.78, 5) is 14.0. The Hall–Kier alpha value is -2.88. The van der Waals surface area contributed by atoms with Gasteiger partial charge in [0, 0.05) is 37.6 Å². The van der Waals surface area contributed by atoms with Gasteiger partial charge in [0.15, 0.2) is 0 Å². The molecule has 1 heterocycles. The Bertz CT molecular complexity index is 616. The third kappa shape index (κ3) is 3.07. The molecular formula is C12H11N5O2. The van der Waals surface area contributed by atoms with Crippen LogP contribution in [0.4, 0.5) is 11.4 Å². The van der Waals surface area contributed by atoms with Crippen LogP contribution in [-0.2, 0) is 6.54 Å². The summed E-state index contributed by atoms with van der Waals surface area (Å²) in [6.07, 6.45) is 5.22. The number of aromatic nitrogens is 2. The number of anilines is 1. The maximum Gasteiger partial charge on any atom is 0.270 e. The number of nitrogens with zero attached hydrogens (tertiary/aromatic N) is 4. The SMILES string of the molecule is N#Cc1cc([N+](=O)[O-])ccc1NCCn1ccnc1. The maximum absolute atomic E-state index is 10.6. The van der Waals surface area contributed by atoms with Gasteiger partial charge in [-0.3, -0.25) is 10.1 Å². The summed E-state index contributed by atoms with van der Waals surface area (Å²) in [6.45, 7) is 1.30. The van der Waals surface area contributed by atoms with Crippen LogP contribution >= 0.6 is 0 Å². The van der Waals surface area contributed by atoms with Gasteiger partial charge in [0.05, 0.1) is 22.5 Å². The Kier molecular flexibility index (Phi) is 3.73. The van der Waals surface area contributed by atoms with Gasteiger partial charge in [-0.1, -0.05) is 0 Å². The number of nitrogens with one attached hydrogen (secondary N) is 1. The van der Waals surface area contributed by atoms with Gasteiger partial charge < -0.3 is 9.88 Å². The Labute approximate surface area is 109 Å². The van der Waals surface area contributed by atoms with Crippen LogP contribution < -0.4 is 5.32 Å². The molecule has 0 radical (unpaired) electrons. The van der Waals surface area contributed by atoms with Crippen molar-refractivity contribution in [3.05, 3.63) is 52.6 Å². The second-order valence-corrected chi connectivity index (χ2v) is 3.83. The summed E-state index contributed by atoms with van der Waals surface area (Å²) in [5, 5.41) is 22.7. The Morgan fingerprint density at radius 1 is 1.53 bits per heavy atom. The van der Waals surface area contributed by atoms with Crippen LogP contribution in [0.2, 0.25) is 0 Å². The number of non-ortho nitro benzene ring substituents is 1. The minimum Gasteiger partial charge on any atom is -0.382 e. The highest BCUT2D eigenvalue weighted by molar-refractivity contribution is 5.61. The summed E-state index contributed by atoms with van der Waals surface area (Å²) >= 11 is 0. The van der Waals surface area contributed by atoms with Crippen molar-refractivity contribution in [2.45, 2.75) is 6.54 Å². The lowest BCUT2D eigenvalue weighted by Gasteiger charge is -2.08. The molecule has 0 spiro atoms. The first-order valence-electron chi connectivity index (χ1n) is 5.59. The van der Waals surface area contributed by atoms with Crippen molar-refractivity contribution in [2.24, 2.45) is 0 Å². The van der Waals surface area contributed by atoms with E-state index in [2.05, 4.69) is 10.3 Å². The minimum atomic E-state index is -0.518. The number of imidazole rings is 1. The zero-order valence-corrected chi connectivity index (χ0v) is 9.98. The van der Waals surface area contributed by atoms with E-state index >= 15 is 0 Å². The summed E-state index contributed by atoms with van der Waals surface area (Å²) in [5.41, 5.74) is 0.768. The summed E-state index contributed by atoms with van der Waals surface area (Å²) in [6, 6.07) is 6.13. The molecule has 0 bridgehead atoms. The van der Waals surface area contributed by atoms with Crippen LogP contribution in [-0.4, -0.2) is 21.0 Å². The number of rotatable bonds is 5. The number of benzene rings is 1. The van der Waals surface area contributed by atoms with E-state index in [0.29, 0.717) is 18.8 Å². The minimum absolute atomic E-state index is 0.0864. The molecule has 2 rings (SSSR count). The fourth-order valence-electron chi connectivity index (χ4n) is 1.63. The molecule has 0 aliphatic carbocycles. The van der Waals surface area contributed by atoms with Gasteiger partial charge in [-0.2, -0.15) is 5.26 Å². The van der Waals surface area contributed by atoms with E-state index in [4.69, 9.17) is 5.26 Å². The predicted molar refractivity (Wildman–Crippen MR) is 68.5 cm³/mol. The van der Waals surface area contributed by atoms with Gasteiger partial charge in [0.1, 0.15) is 6.07 Å². The summed E-state index contributed by atoms with van der Waals surface area (Å²) in [7, 11) is 0. The normalized spacial score (nSPS) is 9.84. The van der Waals surface area contributed by atoms with Crippen LogP contribution in [0.1, 0.15) is 5.56 Å². The van der Waals surface area contributed by atoms with Crippen molar-refractivity contribution in [1.82, 2.24) is 9.55 Å². The standard InChI is InChI=1S/C12H11N5O2/c13-8-10-7-11(17(18)19)1-2-12(10)15-4-6-16-5-3-14-9-16/h1-3,5,7,9,15H,4,6H2. The molecule has 0 saturated heterocycles. The van der Waals surface area contributed by atoms with Gasteiger partial charge in [0.2, 0.25) is 0 Å². The molecule has 0 atom stereocenters. The van der Waals surface area contributed by atoms with Crippen molar-refractivity contribution in [3.63, 3.8) is 0 Å². The molecule has 0 fully saturated rings. The number of nitriles is 1. The lowest BCUT2D eigenvalue weighted by molar-refractivity contribution is -0.384. The first-order chi connectivity index (χ1) is 9.20. The first kappa shape index (κ1) is 12.6. The van der Waals surface area contributed by atoms with Crippen LogP contribution in [0.15, 0.2) is 36.9 Å². The number of nitro groups is 1. The number of nitro benzene ring substituents is 1. The van der Waals surface area contributed by atoms with E-state index in [9.17, 15) is 10.1 Å². The molecule has 96 valence electrons. The van der Waals surface area contributed by atoms with E-state index in [1.54, 1.807) is 18.6 Å². The van der Waals surface area contributed by atoms with Crippen molar-refractivity contribution in [1.29, 1.82) is 5.26 Å². The molecule has 1 aromatic carbocycles. The van der Waals surface area contributed by atoms with Crippen LogP contribution in [0, 0.1) is 21.4 Å². The van der Waals surface area contributed by atoms with Gasteiger partial charge in [-0.05, 0) is 6.07 Å². The van der Waals surface area contributed by atoms with Crippen LogP contribution in [0.25, 0.3) is 0 Å². The molecule has 19 heavy (non-hydrogen) atoms. The molecule has 0 unspecified atom stereocenters. The summed E-state index contributed by atoms with van der Waals surface area (Å²) < 4.78 is 1.89. The first-order valence-corrected chi connectivity index (χ1v) is 5.59. The Morgan fingerprint density at radius 2 is 2.37 bits per heavy atom. The van der Waals surface area contributed by atoms with E-state index in [0.717, 1.165) is 0 Å². The topological polar surface area (TPSA) is 96.8 Å². The zero-order chi connectivity index (χ0) is 13.7. The van der Waals surface area contributed by atoms with Gasteiger partial charge in [-0.15, -0.1) is 0 Å². The molecule has 1 aromatic heterocycles. The highest BCUT2D eigenvalue weighted by Gasteiger charge is 2.10. The fraction of sp³-hybridized carbons (Fsp3) is 0.167. The van der Waals surface area contributed by atoms with E-state index in [1.165, 1.54) is 12.1 Å². The molecule has 0 amide bonds. The van der Waals surface area contributed by atoms with Crippen molar-refractivity contribution >= 4 is 11.4 Å². The third-order valence-corrected chi connectivity index (χ3v) is 2.58. The van der Waals surface area contributed by atoms with Gasteiger partial charge in [0.25, 0.3) is 5.69 Å². The lowest BCUT2D eigenvalue weighted by atomic mass is 10.1. The maximum atomic E-state index is 10.6. The molecule has 0 aliphatic heterocycles. The second-order valence-electron chi connectivity index (χ2n) is 3.83. The zero-order valence-electron chi connectivity index (χ0n) is 9.98. The quantitative estimate of drug-likeness (QED) is 0.650. The fourth-order valence-corrected chi connectivity index (χ4v) is 1.63. The van der Waals surface area contributed by atoms with Crippen molar-refractivity contribution < 1.29 is 4.92 Å². The molecule has 0 aliphatic rings. The Morgan fingerprint density at radius 3 is 3.00 bits per heavy atom. The molecule has 1 N–H and O–H groups in total. The molecular weight excluding hydrogens is 246 g/mol. The molecule has 7 heteroatoms. The van der Waals surface area contributed by atoms with Crippen molar-refractivity contribution in [3.8, 4) is 6.07 Å². The largest absolute Gasteiger partial charge is 0.382 e. The monoisotopic (exact) mass is 257 g/mol. The van der Waals surface area contributed by atoms with Crippen molar-refractivity contribution in [2.75, 3.05) is 11.9 Å². The van der Waals surface area contributed by atoms with Crippen LogP contribution in [0.3, 0.4) is 0 Å². The highest BCUT2D eigenvalue weighted by Crippen LogP contribution is 2.21. The Balaban J connectivity index is 2.04.